The third-order valence-corrected chi connectivity index (χ3v) is 4.09. The highest BCUT2D eigenvalue weighted by Crippen LogP contribution is 2.20. The van der Waals surface area contributed by atoms with Crippen LogP contribution in [0.25, 0.3) is 0 Å². The van der Waals surface area contributed by atoms with Crippen molar-refractivity contribution in [3.8, 4) is 0 Å². The molecular weight excluding hydrogens is 276 g/mol. The van der Waals surface area contributed by atoms with Crippen LogP contribution in [0.15, 0.2) is 30.9 Å². The number of carbonyl (C=O) groups excluding carboxylic acids is 1. The van der Waals surface area contributed by atoms with Crippen LogP contribution in [0, 0.1) is 0 Å². The number of aryl methyl sites for hydroxylation is 2. The molecule has 0 spiro atoms. The van der Waals surface area contributed by atoms with Gasteiger partial charge in [0.1, 0.15) is 0 Å². The zero-order valence-corrected chi connectivity index (χ0v) is 11.8. The summed E-state index contributed by atoms with van der Waals surface area (Å²) in [6.07, 6.45) is 7.33. The number of ketones is 1. The average Bonchev–Trinajstić information content (AvgIpc) is 3.07. The van der Waals surface area contributed by atoms with Gasteiger partial charge in [-0.05, 0) is 25.0 Å². The SMILES string of the molecule is O=C(O)CCC(=O)c1ccc(CCCn2ccnc2)s1. The molecule has 5 nitrogen and oxygen atoms in total. The van der Waals surface area contributed by atoms with E-state index in [9.17, 15) is 9.59 Å². The van der Waals surface area contributed by atoms with E-state index in [4.69, 9.17) is 5.11 Å². The average molecular weight is 292 g/mol. The van der Waals surface area contributed by atoms with Crippen molar-refractivity contribution in [2.24, 2.45) is 0 Å². The lowest BCUT2D eigenvalue weighted by atomic mass is 10.2. The highest BCUT2D eigenvalue weighted by Gasteiger charge is 2.11. The number of aromatic nitrogens is 2. The lowest BCUT2D eigenvalue weighted by Crippen LogP contribution is -2.01. The Morgan fingerprint density at radius 3 is 2.85 bits per heavy atom. The summed E-state index contributed by atoms with van der Waals surface area (Å²) in [5, 5.41) is 8.56. The van der Waals surface area contributed by atoms with Crippen LogP contribution in [0.4, 0.5) is 0 Å². The van der Waals surface area contributed by atoms with E-state index in [0.717, 1.165) is 24.3 Å². The number of aliphatic carboxylic acids is 1. The first kappa shape index (κ1) is 14.5. The molecule has 0 atom stereocenters. The molecule has 0 amide bonds. The van der Waals surface area contributed by atoms with Crippen molar-refractivity contribution < 1.29 is 14.7 Å². The molecule has 0 saturated carbocycles. The second-order valence-electron chi connectivity index (χ2n) is 4.49. The first-order valence-corrected chi connectivity index (χ1v) is 7.26. The molecule has 0 aliphatic rings. The zero-order valence-electron chi connectivity index (χ0n) is 11.0. The molecule has 6 heteroatoms. The quantitative estimate of drug-likeness (QED) is 0.759. The van der Waals surface area contributed by atoms with Crippen LogP contribution in [-0.4, -0.2) is 26.4 Å². The topological polar surface area (TPSA) is 72.2 Å². The number of carboxylic acids is 1. The van der Waals surface area contributed by atoms with E-state index in [0.29, 0.717) is 4.88 Å². The van der Waals surface area contributed by atoms with Crippen LogP contribution in [0.1, 0.15) is 33.8 Å². The molecule has 0 fully saturated rings. The molecule has 0 bridgehead atoms. The highest BCUT2D eigenvalue weighted by molar-refractivity contribution is 7.14. The molecule has 0 unspecified atom stereocenters. The van der Waals surface area contributed by atoms with E-state index < -0.39 is 5.97 Å². The maximum Gasteiger partial charge on any atom is 0.303 e. The van der Waals surface area contributed by atoms with Crippen LogP contribution in [0.2, 0.25) is 0 Å². The van der Waals surface area contributed by atoms with E-state index in [1.54, 1.807) is 18.6 Å². The van der Waals surface area contributed by atoms with Gasteiger partial charge in [-0.1, -0.05) is 0 Å². The number of nitrogens with zero attached hydrogens (tertiary/aromatic N) is 2. The Bertz CT molecular complexity index is 575. The van der Waals surface area contributed by atoms with Crippen molar-refractivity contribution >= 4 is 23.1 Å². The Kier molecular flexibility index (Phi) is 5.06. The van der Waals surface area contributed by atoms with Gasteiger partial charge in [0, 0.05) is 30.2 Å². The molecule has 0 saturated heterocycles. The standard InChI is InChI=1S/C14H16N2O3S/c17-12(4-6-14(18)19)13-5-3-11(20-13)2-1-8-16-9-7-15-10-16/h3,5,7,9-10H,1-2,4,6,8H2,(H,18,19). The van der Waals surface area contributed by atoms with Crippen molar-refractivity contribution in [3.63, 3.8) is 0 Å². The van der Waals surface area contributed by atoms with E-state index in [1.807, 2.05) is 16.8 Å². The van der Waals surface area contributed by atoms with E-state index in [1.165, 1.54) is 11.3 Å². The van der Waals surface area contributed by atoms with Gasteiger partial charge in [-0.2, -0.15) is 0 Å². The van der Waals surface area contributed by atoms with Gasteiger partial charge in [0.25, 0.3) is 0 Å². The summed E-state index contributed by atoms with van der Waals surface area (Å²) >= 11 is 1.46. The molecule has 2 aromatic heterocycles. The molecule has 2 heterocycles. The molecule has 0 aliphatic carbocycles. The molecule has 2 aromatic rings. The van der Waals surface area contributed by atoms with Gasteiger partial charge < -0.3 is 9.67 Å². The van der Waals surface area contributed by atoms with E-state index in [-0.39, 0.29) is 18.6 Å². The number of Topliss-reactive ketones (excluding diaryl/α,β-unsaturated/α-hetero) is 1. The zero-order chi connectivity index (χ0) is 14.4. The third-order valence-electron chi connectivity index (χ3n) is 2.90. The highest BCUT2D eigenvalue weighted by atomic mass is 32.1. The van der Waals surface area contributed by atoms with Crippen LogP contribution < -0.4 is 0 Å². The Morgan fingerprint density at radius 2 is 2.15 bits per heavy atom. The lowest BCUT2D eigenvalue weighted by Gasteiger charge is -2.00. The fourth-order valence-corrected chi connectivity index (χ4v) is 2.88. The van der Waals surface area contributed by atoms with Gasteiger partial charge in [-0.25, -0.2) is 4.98 Å². The van der Waals surface area contributed by atoms with Crippen LogP contribution in [0.5, 0.6) is 0 Å². The van der Waals surface area contributed by atoms with Crippen molar-refractivity contribution in [1.82, 2.24) is 9.55 Å². The minimum Gasteiger partial charge on any atom is -0.481 e. The maximum absolute atomic E-state index is 11.8. The van der Waals surface area contributed by atoms with Crippen molar-refractivity contribution in [3.05, 3.63) is 40.6 Å². The Balaban J connectivity index is 1.79. The Morgan fingerprint density at radius 1 is 1.30 bits per heavy atom. The van der Waals surface area contributed by atoms with Crippen LogP contribution in [-0.2, 0) is 17.8 Å². The summed E-state index contributed by atoms with van der Waals surface area (Å²) in [5.74, 6) is -1.02. The fourth-order valence-electron chi connectivity index (χ4n) is 1.86. The van der Waals surface area contributed by atoms with Crippen LogP contribution in [0.3, 0.4) is 0 Å². The normalized spacial score (nSPS) is 10.6. The van der Waals surface area contributed by atoms with Gasteiger partial charge in [0.15, 0.2) is 5.78 Å². The number of imidazole rings is 1. The number of hydrogen-bond acceptors (Lipinski definition) is 4. The second kappa shape index (κ2) is 7.00. The van der Waals surface area contributed by atoms with Crippen LogP contribution >= 0.6 is 11.3 Å². The summed E-state index contributed by atoms with van der Waals surface area (Å²) < 4.78 is 2.02. The predicted molar refractivity (Wildman–Crippen MR) is 76.1 cm³/mol. The molecule has 2 rings (SSSR count). The van der Waals surface area contributed by atoms with Crippen molar-refractivity contribution in [2.75, 3.05) is 0 Å². The molecule has 0 aliphatic heterocycles. The molecular formula is C14H16N2O3S. The van der Waals surface area contributed by atoms with Gasteiger partial charge in [0.05, 0.1) is 17.6 Å². The smallest absolute Gasteiger partial charge is 0.303 e. The largest absolute Gasteiger partial charge is 0.481 e. The van der Waals surface area contributed by atoms with Gasteiger partial charge >= 0.3 is 5.97 Å². The molecule has 106 valence electrons. The number of thiophene rings is 1. The van der Waals surface area contributed by atoms with E-state index in [2.05, 4.69) is 4.98 Å². The summed E-state index contributed by atoms with van der Waals surface area (Å²) in [6.45, 7) is 0.903. The number of carboxylic acid groups (broad SMARTS) is 1. The van der Waals surface area contributed by atoms with Crippen molar-refractivity contribution in [1.29, 1.82) is 0 Å². The van der Waals surface area contributed by atoms with Gasteiger partial charge in [-0.15, -0.1) is 11.3 Å². The third kappa shape index (κ3) is 4.31. The predicted octanol–water partition coefficient (Wildman–Crippen LogP) is 2.62. The Labute approximate surface area is 120 Å². The second-order valence-corrected chi connectivity index (χ2v) is 5.66. The Hall–Kier alpha value is -1.95. The molecule has 0 radical (unpaired) electrons. The number of rotatable bonds is 8. The minimum atomic E-state index is -0.935. The van der Waals surface area contributed by atoms with E-state index >= 15 is 0 Å². The summed E-state index contributed by atoms with van der Waals surface area (Å²) in [7, 11) is 0. The van der Waals surface area contributed by atoms with Crippen molar-refractivity contribution in [2.45, 2.75) is 32.2 Å². The maximum atomic E-state index is 11.8. The monoisotopic (exact) mass is 292 g/mol. The summed E-state index contributed by atoms with van der Waals surface area (Å²) in [4.78, 5) is 28.0. The fraction of sp³-hybridized carbons (Fsp3) is 0.357. The summed E-state index contributed by atoms with van der Waals surface area (Å²) in [6, 6.07) is 3.74. The first-order chi connectivity index (χ1) is 9.65. The number of carbonyl (C=O) groups is 2. The number of hydrogen-bond donors (Lipinski definition) is 1. The molecule has 0 aromatic carbocycles. The molecule has 1 N–H and O–H groups in total. The summed E-state index contributed by atoms with van der Waals surface area (Å²) in [5.41, 5.74) is 0. The lowest BCUT2D eigenvalue weighted by molar-refractivity contribution is -0.136. The minimum absolute atomic E-state index is 0.0737. The van der Waals surface area contributed by atoms with Gasteiger partial charge in [0.2, 0.25) is 0 Å². The van der Waals surface area contributed by atoms with Gasteiger partial charge in [-0.3, -0.25) is 9.59 Å². The molecule has 20 heavy (non-hydrogen) atoms. The first-order valence-electron chi connectivity index (χ1n) is 6.44.